The smallest absolute Gasteiger partial charge is 0.213 e. The first-order valence-electron chi connectivity index (χ1n) is 5.26. The van der Waals surface area contributed by atoms with E-state index in [-0.39, 0.29) is 11.6 Å². The van der Waals surface area contributed by atoms with E-state index in [1.54, 1.807) is 12.1 Å². The minimum absolute atomic E-state index is 0.123. The van der Waals surface area contributed by atoms with Gasteiger partial charge in [0, 0.05) is 6.07 Å². The Hall–Kier alpha value is -2.01. The van der Waals surface area contributed by atoms with E-state index in [1.165, 1.54) is 19.2 Å². The average molecular weight is 251 g/mol. The van der Waals surface area contributed by atoms with Crippen molar-refractivity contribution in [3.63, 3.8) is 0 Å². The maximum Gasteiger partial charge on any atom is 0.213 e. The third-order valence-electron chi connectivity index (χ3n) is 2.51. The summed E-state index contributed by atoms with van der Waals surface area (Å²) >= 11 is 0. The standard InChI is InChI=1S/C13H11F2NO2/c1-18-11-7-3-6-10(16-11)13(17)12-8(14)4-2-5-9(12)15/h2-7,13,17H,1H3. The number of aliphatic hydroxyl groups is 1. The molecule has 1 unspecified atom stereocenters. The maximum atomic E-state index is 13.5. The van der Waals surface area contributed by atoms with Crippen molar-refractivity contribution in [3.05, 3.63) is 59.3 Å². The van der Waals surface area contributed by atoms with Crippen LogP contribution < -0.4 is 4.74 Å². The quantitative estimate of drug-likeness (QED) is 0.911. The number of hydrogen-bond acceptors (Lipinski definition) is 3. The van der Waals surface area contributed by atoms with Crippen LogP contribution in [0.5, 0.6) is 5.88 Å². The molecule has 94 valence electrons. The Morgan fingerprint density at radius 2 is 1.72 bits per heavy atom. The van der Waals surface area contributed by atoms with Crippen LogP contribution in [0.15, 0.2) is 36.4 Å². The highest BCUT2D eigenvalue weighted by Crippen LogP contribution is 2.26. The number of nitrogens with zero attached hydrogens (tertiary/aromatic N) is 1. The van der Waals surface area contributed by atoms with E-state index in [9.17, 15) is 13.9 Å². The second-order valence-corrected chi connectivity index (χ2v) is 3.64. The number of methoxy groups -OCH3 is 1. The van der Waals surface area contributed by atoms with Gasteiger partial charge in [-0.05, 0) is 18.2 Å². The van der Waals surface area contributed by atoms with Crippen molar-refractivity contribution in [2.45, 2.75) is 6.10 Å². The van der Waals surface area contributed by atoms with Crippen LogP contribution in [0.3, 0.4) is 0 Å². The molecule has 0 spiro atoms. The number of aliphatic hydroxyl groups excluding tert-OH is 1. The largest absolute Gasteiger partial charge is 0.481 e. The van der Waals surface area contributed by atoms with E-state index >= 15 is 0 Å². The fourth-order valence-electron chi connectivity index (χ4n) is 1.62. The Morgan fingerprint density at radius 1 is 1.11 bits per heavy atom. The summed E-state index contributed by atoms with van der Waals surface area (Å²) < 4.78 is 31.9. The zero-order valence-corrected chi connectivity index (χ0v) is 9.60. The van der Waals surface area contributed by atoms with Crippen LogP contribution in [0.1, 0.15) is 17.4 Å². The SMILES string of the molecule is COc1cccc(C(O)c2c(F)cccc2F)n1. The van der Waals surface area contributed by atoms with Gasteiger partial charge in [-0.1, -0.05) is 12.1 Å². The number of rotatable bonds is 3. The van der Waals surface area contributed by atoms with Crippen molar-refractivity contribution in [2.75, 3.05) is 7.11 Å². The molecule has 1 aromatic heterocycles. The summed E-state index contributed by atoms with van der Waals surface area (Å²) in [6.45, 7) is 0. The minimum atomic E-state index is -1.47. The van der Waals surface area contributed by atoms with Gasteiger partial charge in [0.25, 0.3) is 0 Å². The number of ether oxygens (including phenoxy) is 1. The van der Waals surface area contributed by atoms with Crippen LogP contribution in [0.4, 0.5) is 8.78 Å². The molecule has 2 rings (SSSR count). The lowest BCUT2D eigenvalue weighted by atomic mass is 10.0. The number of halogens is 2. The molecule has 2 aromatic rings. The van der Waals surface area contributed by atoms with E-state index in [1.807, 2.05) is 0 Å². The molecule has 0 saturated carbocycles. The number of pyridine rings is 1. The molecule has 0 saturated heterocycles. The molecule has 18 heavy (non-hydrogen) atoms. The lowest BCUT2D eigenvalue weighted by Crippen LogP contribution is -2.08. The fraction of sp³-hybridized carbons (Fsp3) is 0.154. The van der Waals surface area contributed by atoms with Gasteiger partial charge >= 0.3 is 0 Å². The van der Waals surface area contributed by atoms with Gasteiger partial charge in [-0.15, -0.1) is 0 Å². The second kappa shape index (κ2) is 5.10. The molecule has 1 N–H and O–H groups in total. The first kappa shape index (κ1) is 12.4. The predicted molar refractivity (Wildman–Crippen MR) is 61.2 cm³/mol. The molecule has 5 heteroatoms. The summed E-state index contributed by atoms with van der Waals surface area (Å²) in [5, 5.41) is 9.98. The Labute approximate surface area is 103 Å². The zero-order chi connectivity index (χ0) is 13.1. The molecule has 0 radical (unpaired) electrons. The fourth-order valence-corrected chi connectivity index (χ4v) is 1.62. The lowest BCUT2D eigenvalue weighted by Gasteiger charge is -2.13. The third kappa shape index (κ3) is 2.31. The molecule has 0 bridgehead atoms. The van der Waals surface area contributed by atoms with Gasteiger partial charge < -0.3 is 9.84 Å². The molecule has 3 nitrogen and oxygen atoms in total. The summed E-state index contributed by atoms with van der Waals surface area (Å²) in [5.74, 6) is -1.36. The van der Waals surface area contributed by atoms with E-state index in [0.29, 0.717) is 0 Å². The minimum Gasteiger partial charge on any atom is -0.481 e. The molecular formula is C13H11F2NO2. The van der Waals surface area contributed by atoms with Crippen molar-refractivity contribution in [1.82, 2.24) is 4.98 Å². The van der Waals surface area contributed by atoms with Crippen molar-refractivity contribution < 1.29 is 18.6 Å². The van der Waals surface area contributed by atoms with Crippen molar-refractivity contribution in [2.24, 2.45) is 0 Å². The van der Waals surface area contributed by atoms with Crippen LogP contribution in [-0.4, -0.2) is 17.2 Å². The summed E-state index contributed by atoms with van der Waals surface area (Å²) in [4.78, 5) is 3.94. The van der Waals surface area contributed by atoms with Gasteiger partial charge in [-0.25, -0.2) is 13.8 Å². The molecule has 0 fully saturated rings. The van der Waals surface area contributed by atoms with Crippen molar-refractivity contribution in [1.29, 1.82) is 0 Å². The van der Waals surface area contributed by atoms with Crippen LogP contribution in [0.25, 0.3) is 0 Å². The van der Waals surface area contributed by atoms with Crippen LogP contribution in [-0.2, 0) is 0 Å². The molecule has 0 amide bonds. The summed E-state index contributed by atoms with van der Waals surface area (Å²) in [6, 6.07) is 8.04. The highest BCUT2D eigenvalue weighted by Gasteiger charge is 2.20. The Kier molecular flexibility index (Phi) is 3.53. The van der Waals surface area contributed by atoms with Crippen LogP contribution in [0.2, 0.25) is 0 Å². The van der Waals surface area contributed by atoms with E-state index in [0.717, 1.165) is 12.1 Å². The number of benzene rings is 1. The van der Waals surface area contributed by atoms with E-state index < -0.39 is 23.3 Å². The zero-order valence-electron chi connectivity index (χ0n) is 9.60. The van der Waals surface area contributed by atoms with Gasteiger partial charge in [0.15, 0.2) is 0 Å². The summed E-state index contributed by atoms with van der Waals surface area (Å²) in [5.41, 5.74) is -0.295. The number of aromatic nitrogens is 1. The van der Waals surface area contributed by atoms with Crippen LogP contribution in [0, 0.1) is 11.6 Å². The predicted octanol–water partition coefficient (Wildman–Crippen LogP) is 2.45. The lowest BCUT2D eigenvalue weighted by molar-refractivity contribution is 0.203. The molecular weight excluding hydrogens is 240 g/mol. The summed E-state index contributed by atoms with van der Waals surface area (Å²) in [7, 11) is 1.42. The Balaban J connectivity index is 2.44. The number of hydrogen-bond donors (Lipinski definition) is 1. The van der Waals surface area contributed by atoms with Crippen molar-refractivity contribution >= 4 is 0 Å². The molecule has 0 aliphatic heterocycles. The van der Waals surface area contributed by atoms with Gasteiger partial charge in [-0.3, -0.25) is 0 Å². The van der Waals surface area contributed by atoms with Crippen LogP contribution >= 0.6 is 0 Å². The summed E-state index contributed by atoms with van der Waals surface area (Å²) in [6.07, 6.45) is -1.47. The molecule has 1 aromatic carbocycles. The second-order valence-electron chi connectivity index (χ2n) is 3.64. The van der Waals surface area contributed by atoms with Gasteiger partial charge in [-0.2, -0.15) is 0 Å². The highest BCUT2D eigenvalue weighted by atomic mass is 19.1. The Morgan fingerprint density at radius 3 is 2.33 bits per heavy atom. The first-order valence-corrected chi connectivity index (χ1v) is 5.26. The van der Waals surface area contributed by atoms with Crippen molar-refractivity contribution in [3.8, 4) is 5.88 Å². The maximum absolute atomic E-state index is 13.5. The van der Waals surface area contributed by atoms with E-state index in [2.05, 4.69) is 4.98 Å². The third-order valence-corrected chi connectivity index (χ3v) is 2.51. The molecule has 1 atom stereocenters. The molecule has 1 heterocycles. The normalized spacial score (nSPS) is 12.2. The topological polar surface area (TPSA) is 42.4 Å². The highest BCUT2D eigenvalue weighted by molar-refractivity contribution is 5.30. The average Bonchev–Trinajstić information content (AvgIpc) is 2.38. The van der Waals surface area contributed by atoms with E-state index in [4.69, 9.17) is 4.74 Å². The van der Waals surface area contributed by atoms with Gasteiger partial charge in [0.2, 0.25) is 5.88 Å². The molecule has 0 aliphatic carbocycles. The first-order chi connectivity index (χ1) is 8.63. The van der Waals surface area contributed by atoms with Gasteiger partial charge in [0.05, 0.1) is 18.4 Å². The monoisotopic (exact) mass is 251 g/mol. The Bertz CT molecular complexity index is 540. The van der Waals surface area contributed by atoms with Gasteiger partial charge in [0.1, 0.15) is 17.7 Å². The molecule has 0 aliphatic rings.